The van der Waals surface area contributed by atoms with Crippen LogP contribution in [0.3, 0.4) is 0 Å². The molecule has 0 aliphatic rings. The predicted molar refractivity (Wildman–Crippen MR) is 79.0 cm³/mol. The van der Waals surface area contributed by atoms with Crippen LogP contribution in [0, 0.1) is 6.92 Å². The van der Waals surface area contributed by atoms with E-state index >= 15 is 0 Å². The van der Waals surface area contributed by atoms with Gasteiger partial charge in [-0.25, -0.2) is 4.79 Å². The number of amides is 1. The SMILES string of the molecule is CCC(C(=O)O)N(C)C(=O)CCc1ccc(C)c(Cl)c1. The molecule has 0 spiro atoms. The number of aryl methyl sites for hydroxylation is 2. The van der Waals surface area contributed by atoms with E-state index in [0.717, 1.165) is 11.1 Å². The molecule has 1 unspecified atom stereocenters. The zero-order valence-electron chi connectivity index (χ0n) is 12.0. The van der Waals surface area contributed by atoms with Crippen molar-refractivity contribution in [3.63, 3.8) is 0 Å². The van der Waals surface area contributed by atoms with Crippen LogP contribution in [-0.2, 0) is 16.0 Å². The molecule has 1 rings (SSSR count). The fourth-order valence-corrected chi connectivity index (χ4v) is 2.21. The van der Waals surface area contributed by atoms with Gasteiger partial charge < -0.3 is 10.0 Å². The maximum Gasteiger partial charge on any atom is 0.326 e. The maximum atomic E-state index is 12.0. The Morgan fingerprint density at radius 3 is 2.55 bits per heavy atom. The summed E-state index contributed by atoms with van der Waals surface area (Å²) in [4.78, 5) is 24.3. The van der Waals surface area contributed by atoms with Crippen molar-refractivity contribution in [3.05, 3.63) is 34.3 Å². The van der Waals surface area contributed by atoms with Crippen LogP contribution >= 0.6 is 11.6 Å². The predicted octanol–water partition coefficient (Wildman–Crippen LogP) is 2.90. The molecule has 0 aliphatic heterocycles. The normalized spacial score (nSPS) is 12.0. The van der Waals surface area contributed by atoms with Gasteiger partial charge in [-0.15, -0.1) is 0 Å². The highest BCUT2D eigenvalue weighted by Gasteiger charge is 2.24. The molecule has 4 nitrogen and oxygen atoms in total. The number of carboxylic acids is 1. The molecule has 0 fully saturated rings. The van der Waals surface area contributed by atoms with Gasteiger partial charge in [0.05, 0.1) is 0 Å². The van der Waals surface area contributed by atoms with Gasteiger partial charge in [-0.1, -0.05) is 30.7 Å². The van der Waals surface area contributed by atoms with Crippen molar-refractivity contribution in [2.75, 3.05) is 7.05 Å². The number of nitrogens with zero attached hydrogens (tertiary/aromatic N) is 1. The lowest BCUT2D eigenvalue weighted by Crippen LogP contribution is -2.42. The van der Waals surface area contributed by atoms with E-state index in [1.54, 1.807) is 6.92 Å². The highest BCUT2D eigenvalue weighted by Crippen LogP contribution is 2.18. The summed E-state index contributed by atoms with van der Waals surface area (Å²) in [7, 11) is 1.53. The second-order valence-corrected chi connectivity index (χ2v) is 5.26. The number of halogens is 1. The molecule has 1 aromatic carbocycles. The molecule has 110 valence electrons. The molecule has 0 aliphatic carbocycles. The first-order valence-electron chi connectivity index (χ1n) is 6.60. The number of hydrogen-bond acceptors (Lipinski definition) is 2. The van der Waals surface area contributed by atoms with Crippen LogP contribution in [0.5, 0.6) is 0 Å². The molecular weight excluding hydrogens is 278 g/mol. The summed E-state index contributed by atoms with van der Waals surface area (Å²) < 4.78 is 0. The average molecular weight is 298 g/mol. The zero-order valence-corrected chi connectivity index (χ0v) is 12.8. The minimum absolute atomic E-state index is 0.170. The standard InChI is InChI=1S/C15H20ClNO3/c1-4-13(15(19)20)17(3)14(18)8-7-11-6-5-10(2)12(16)9-11/h5-6,9,13H,4,7-8H2,1-3H3,(H,19,20). The topological polar surface area (TPSA) is 57.6 Å². The second kappa shape index (κ2) is 7.29. The molecule has 1 atom stereocenters. The molecule has 0 bridgehead atoms. The largest absolute Gasteiger partial charge is 0.480 e. The molecule has 5 heteroatoms. The first-order valence-corrected chi connectivity index (χ1v) is 6.98. The molecule has 1 N–H and O–H groups in total. The first kappa shape index (κ1) is 16.5. The van der Waals surface area contributed by atoms with Crippen molar-refractivity contribution >= 4 is 23.5 Å². The Morgan fingerprint density at radius 1 is 1.40 bits per heavy atom. The number of hydrogen-bond donors (Lipinski definition) is 1. The number of carbonyl (C=O) groups is 2. The molecule has 0 heterocycles. The van der Waals surface area contributed by atoms with Crippen LogP contribution in [0.15, 0.2) is 18.2 Å². The van der Waals surface area contributed by atoms with Gasteiger partial charge in [-0.05, 0) is 37.0 Å². The van der Waals surface area contributed by atoms with Crippen molar-refractivity contribution in [1.29, 1.82) is 0 Å². The Hall–Kier alpha value is -1.55. The molecule has 0 saturated carbocycles. The number of likely N-dealkylation sites (N-methyl/N-ethyl adjacent to an activating group) is 1. The summed E-state index contributed by atoms with van der Waals surface area (Å²) in [5.41, 5.74) is 1.97. The Balaban J connectivity index is 2.62. The van der Waals surface area contributed by atoms with E-state index in [2.05, 4.69) is 0 Å². The minimum Gasteiger partial charge on any atom is -0.480 e. The second-order valence-electron chi connectivity index (χ2n) is 4.85. The van der Waals surface area contributed by atoms with Crippen LogP contribution in [0.25, 0.3) is 0 Å². The third kappa shape index (κ3) is 4.23. The van der Waals surface area contributed by atoms with Gasteiger partial charge in [-0.2, -0.15) is 0 Å². The van der Waals surface area contributed by atoms with Crippen molar-refractivity contribution < 1.29 is 14.7 Å². The summed E-state index contributed by atoms with van der Waals surface area (Å²) in [5, 5.41) is 9.71. The smallest absolute Gasteiger partial charge is 0.326 e. The highest BCUT2D eigenvalue weighted by molar-refractivity contribution is 6.31. The number of rotatable bonds is 6. The molecule has 0 aromatic heterocycles. The van der Waals surface area contributed by atoms with Crippen LogP contribution < -0.4 is 0 Å². The highest BCUT2D eigenvalue weighted by atomic mass is 35.5. The van der Waals surface area contributed by atoms with Crippen molar-refractivity contribution in [2.45, 2.75) is 39.2 Å². The van der Waals surface area contributed by atoms with E-state index in [-0.39, 0.29) is 12.3 Å². The summed E-state index contributed by atoms with van der Waals surface area (Å²) in [6.45, 7) is 3.67. The van der Waals surface area contributed by atoms with Gasteiger partial charge >= 0.3 is 5.97 Å². The van der Waals surface area contributed by atoms with Gasteiger partial charge in [0.1, 0.15) is 6.04 Å². The van der Waals surface area contributed by atoms with Gasteiger partial charge in [-0.3, -0.25) is 4.79 Å². The van der Waals surface area contributed by atoms with Gasteiger partial charge in [0.15, 0.2) is 0 Å². The minimum atomic E-state index is -0.971. The fraction of sp³-hybridized carbons (Fsp3) is 0.467. The Morgan fingerprint density at radius 2 is 2.05 bits per heavy atom. The van der Waals surface area contributed by atoms with Gasteiger partial charge in [0, 0.05) is 18.5 Å². The fourth-order valence-electron chi connectivity index (χ4n) is 2.01. The molecule has 0 saturated heterocycles. The van der Waals surface area contributed by atoms with Gasteiger partial charge in [0.25, 0.3) is 0 Å². The average Bonchev–Trinajstić information content (AvgIpc) is 2.40. The van der Waals surface area contributed by atoms with Crippen LogP contribution in [-0.4, -0.2) is 35.0 Å². The molecule has 0 radical (unpaired) electrons. The maximum absolute atomic E-state index is 12.0. The van der Waals surface area contributed by atoms with E-state index in [0.29, 0.717) is 17.9 Å². The first-order chi connectivity index (χ1) is 9.36. The summed E-state index contributed by atoms with van der Waals surface area (Å²) in [6, 6.07) is 4.93. The molecule has 1 aromatic rings. The number of carbonyl (C=O) groups excluding carboxylic acids is 1. The lowest BCUT2D eigenvalue weighted by Gasteiger charge is -2.23. The van der Waals surface area contributed by atoms with Gasteiger partial charge in [0.2, 0.25) is 5.91 Å². The lowest BCUT2D eigenvalue weighted by molar-refractivity contribution is -0.149. The van der Waals surface area contributed by atoms with Crippen LogP contribution in [0.4, 0.5) is 0 Å². The van der Waals surface area contributed by atoms with E-state index in [4.69, 9.17) is 16.7 Å². The van der Waals surface area contributed by atoms with Crippen molar-refractivity contribution in [2.24, 2.45) is 0 Å². The molecular formula is C15H20ClNO3. The van der Waals surface area contributed by atoms with Crippen molar-refractivity contribution in [1.82, 2.24) is 4.90 Å². The van der Waals surface area contributed by atoms with E-state index in [9.17, 15) is 9.59 Å². The lowest BCUT2D eigenvalue weighted by atomic mass is 10.1. The van der Waals surface area contributed by atoms with E-state index in [1.165, 1.54) is 11.9 Å². The third-order valence-corrected chi connectivity index (χ3v) is 3.80. The quantitative estimate of drug-likeness (QED) is 0.878. The number of benzene rings is 1. The summed E-state index contributed by atoms with van der Waals surface area (Å²) in [5.74, 6) is -1.14. The van der Waals surface area contributed by atoms with Crippen LogP contribution in [0.1, 0.15) is 30.9 Å². The number of aliphatic carboxylic acids is 1. The Labute approximate surface area is 124 Å². The van der Waals surface area contributed by atoms with Crippen LogP contribution in [0.2, 0.25) is 5.02 Å². The monoisotopic (exact) mass is 297 g/mol. The van der Waals surface area contributed by atoms with Crippen molar-refractivity contribution in [3.8, 4) is 0 Å². The third-order valence-electron chi connectivity index (χ3n) is 3.40. The molecule has 1 amide bonds. The zero-order chi connectivity index (χ0) is 15.3. The summed E-state index contributed by atoms with van der Waals surface area (Å²) >= 11 is 6.03. The number of carboxylic acid groups (broad SMARTS) is 1. The summed E-state index contributed by atoms with van der Waals surface area (Å²) in [6.07, 6.45) is 1.23. The van der Waals surface area contributed by atoms with E-state index < -0.39 is 12.0 Å². The van der Waals surface area contributed by atoms with E-state index in [1.807, 2.05) is 25.1 Å². The Bertz CT molecular complexity index is 502. The molecule has 20 heavy (non-hydrogen) atoms. The Kier molecular flexibility index (Phi) is 6.02.